The first kappa shape index (κ1) is 67.3. The minimum absolute atomic E-state index is 0. The summed E-state index contributed by atoms with van der Waals surface area (Å²) in [4.78, 5) is 19.4. The Morgan fingerprint density at radius 2 is 0.929 bits per heavy atom. The predicted molar refractivity (Wildman–Crippen MR) is 266 cm³/mol. The van der Waals surface area contributed by atoms with Crippen LogP contribution in [-0.2, 0) is 56.5 Å². The second-order valence-corrected chi connectivity index (χ2v) is 19.4. The molecule has 0 aliphatic heterocycles. The molecule has 2 heterocycles. The SMILES string of the molecule is CC(C)(C)S(=O)N=Cc1nc(-c2cc(F)ccc2F)oc1Cc1ccccc1.CC(C)(C)S(N)=O.CCO.CCO.CCO.CCO.O=Cc1nc(-c2cc(F)ccc2F)oc1Cc1ccccc1.[Ti]. The molecule has 6 aromatic rings. The standard InChI is InChI=1S/C21H20F2N2O2S.C17H11F2NO2.C4H11NOS.4C2H6O.Ti/c1-21(2,3)28(26)24-13-18-19(11-14-7-5-4-6-8-14)27-20(25-18)16-12-15(22)9-10-17(16)23;18-12-6-7-14(19)13(9-12)17-20-15(10-21)16(22-17)8-11-4-2-1-3-5-11;1-4(2,3)7(5)6;4*1-2-3;/h4-10,12-13H,11H2,1-3H3;1-7,9-10H,8H2;5H2,1-3H3;4*3H,2H2,1H3;. The number of halogens is 4. The summed E-state index contributed by atoms with van der Waals surface area (Å²) in [6.07, 6.45) is 2.64. The van der Waals surface area contributed by atoms with Crippen molar-refractivity contribution < 1.29 is 81.8 Å². The molecule has 2 aromatic heterocycles. The first-order valence-electron chi connectivity index (χ1n) is 21.5. The van der Waals surface area contributed by atoms with E-state index in [-0.39, 0.29) is 81.5 Å². The zero-order valence-electron chi connectivity index (χ0n) is 41.2. The van der Waals surface area contributed by atoms with E-state index in [0.29, 0.717) is 36.3 Å². The number of aromatic nitrogens is 2. The van der Waals surface area contributed by atoms with Crippen LogP contribution in [0.25, 0.3) is 22.9 Å². The quantitative estimate of drug-likeness (QED) is 0.0397. The van der Waals surface area contributed by atoms with E-state index in [9.17, 15) is 30.8 Å². The molecule has 2 unspecified atom stereocenters. The van der Waals surface area contributed by atoms with E-state index in [1.54, 1.807) is 27.7 Å². The monoisotopic (exact) mass is 1050 g/mol. The first-order valence-corrected chi connectivity index (χ1v) is 23.8. The summed E-state index contributed by atoms with van der Waals surface area (Å²) in [6, 6.07) is 24.9. The van der Waals surface area contributed by atoms with Crippen molar-refractivity contribution >= 4 is 34.5 Å². The smallest absolute Gasteiger partial charge is 0.230 e. The number of carbonyl (C=O) groups is 1. The van der Waals surface area contributed by atoms with Crippen molar-refractivity contribution in [2.45, 2.75) is 91.6 Å². The second kappa shape index (κ2) is 36.1. The number of hydrogen-bond acceptors (Lipinski definition) is 11. The topological polar surface area (TPSA) is 223 Å². The van der Waals surface area contributed by atoms with Gasteiger partial charge < -0.3 is 29.3 Å². The van der Waals surface area contributed by atoms with Gasteiger partial charge in [-0.05, 0) is 117 Å². The van der Waals surface area contributed by atoms with Gasteiger partial charge >= 0.3 is 0 Å². The molecule has 6 N–H and O–H groups in total. The second-order valence-electron chi connectivity index (χ2n) is 15.6. The van der Waals surface area contributed by atoms with Crippen LogP contribution in [0.5, 0.6) is 0 Å². The molecule has 0 bridgehead atoms. The number of nitrogens with two attached hydrogens (primary N) is 1. The van der Waals surface area contributed by atoms with Crippen molar-refractivity contribution in [2.75, 3.05) is 26.4 Å². The van der Waals surface area contributed by atoms with E-state index in [1.807, 2.05) is 102 Å². The van der Waals surface area contributed by atoms with E-state index in [1.165, 1.54) is 6.21 Å². The summed E-state index contributed by atoms with van der Waals surface area (Å²) in [5.74, 6) is -1.91. The number of aliphatic hydroxyl groups is 4. The summed E-state index contributed by atoms with van der Waals surface area (Å²) in [6.45, 7) is 18.7. The van der Waals surface area contributed by atoms with Crippen LogP contribution in [-0.4, -0.2) is 87.2 Å². The number of aliphatic hydroxyl groups excluding tert-OH is 4. The molecular formula is C50H66F4N4O9S2Ti. The molecule has 0 saturated heterocycles. The van der Waals surface area contributed by atoms with Gasteiger partial charge in [-0.25, -0.2) is 35.9 Å². The molecule has 13 nitrogen and oxygen atoms in total. The number of hydrogen-bond donors (Lipinski definition) is 5. The first-order chi connectivity index (χ1) is 32.5. The summed E-state index contributed by atoms with van der Waals surface area (Å²) in [5.41, 5.74) is 2.11. The molecule has 0 spiro atoms. The van der Waals surface area contributed by atoms with Crippen molar-refractivity contribution in [2.24, 2.45) is 9.54 Å². The minimum atomic E-state index is -1.48. The van der Waals surface area contributed by atoms with E-state index in [2.05, 4.69) is 14.4 Å². The summed E-state index contributed by atoms with van der Waals surface area (Å²) >= 11 is 0. The fraction of sp³-hybridized carbons (Fsp3) is 0.360. The van der Waals surface area contributed by atoms with Gasteiger partial charge in [0.05, 0.1) is 37.8 Å². The molecule has 0 aliphatic rings. The molecule has 0 fully saturated rings. The maximum Gasteiger partial charge on any atom is 0.230 e. The van der Waals surface area contributed by atoms with Gasteiger partial charge in [0, 0.05) is 61.0 Å². The molecule has 0 amide bonds. The summed E-state index contributed by atoms with van der Waals surface area (Å²) in [5, 5.41) is 35.3. The van der Waals surface area contributed by atoms with E-state index < -0.39 is 50.0 Å². The van der Waals surface area contributed by atoms with Crippen LogP contribution in [0.3, 0.4) is 0 Å². The van der Waals surface area contributed by atoms with Crippen LogP contribution >= 0.6 is 0 Å². The Kier molecular flexibility index (Phi) is 34.7. The zero-order valence-corrected chi connectivity index (χ0v) is 44.4. The number of benzene rings is 4. The number of oxazole rings is 2. The maximum absolute atomic E-state index is 14.1. The average molecular weight is 1060 g/mol. The van der Waals surface area contributed by atoms with Gasteiger partial charge in [0.15, 0.2) is 6.29 Å². The van der Waals surface area contributed by atoms with Crippen molar-refractivity contribution in [3.8, 4) is 22.9 Å². The molecule has 70 heavy (non-hydrogen) atoms. The molecule has 384 valence electrons. The number of carbonyl (C=O) groups excluding carboxylic acids is 1. The normalized spacial score (nSPS) is 11.3. The zero-order chi connectivity index (χ0) is 52.7. The van der Waals surface area contributed by atoms with Crippen LogP contribution in [0.4, 0.5) is 17.6 Å². The van der Waals surface area contributed by atoms with Gasteiger partial charge in [-0.3, -0.25) is 9.93 Å². The van der Waals surface area contributed by atoms with Crippen LogP contribution in [0.15, 0.2) is 110 Å². The van der Waals surface area contributed by atoms with E-state index >= 15 is 0 Å². The molecule has 0 aliphatic carbocycles. The Bertz CT molecular complexity index is 2440. The fourth-order valence-corrected chi connectivity index (χ4v) is 5.06. The number of nitrogens with zero attached hydrogens (tertiary/aromatic N) is 3. The summed E-state index contributed by atoms with van der Waals surface area (Å²) in [7, 11) is -2.67. The Labute approximate surface area is 428 Å². The average Bonchev–Trinajstić information content (AvgIpc) is 3.89. The Balaban J connectivity index is 0. The van der Waals surface area contributed by atoms with E-state index in [0.717, 1.165) is 47.5 Å². The van der Waals surface area contributed by atoms with E-state index in [4.69, 9.17) is 34.4 Å². The van der Waals surface area contributed by atoms with Gasteiger partial charge in [-0.2, -0.15) is 4.40 Å². The van der Waals surface area contributed by atoms with Crippen LogP contribution < -0.4 is 5.14 Å². The van der Waals surface area contributed by atoms with Crippen LogP contribution in [0, 0.1) is 23.3 Å². The van der Waals surface area contributed by atoms with Crippen LogP contribution in [0.2, 0.25) is 0 Å². The fourth-order valence-electron chi connectivity index (χ4n) is 4.54. The molecule has 4 aromatic carbocycles. The largest absolute Gasteiger partial charge is 0.440 e. The van der Waals surface area contributed by atoms with Gasteiger partial charge in [0.1, 0.15) is 57.2 Å². The number of rotatable bonds is 9. The minimum Gasteiger partial charge on any atom is -0.440 e. The third-order valence-electron chi connectivity index (χ3n) is 7.70. The number of aldehydes is 1. The van der Waals surface area contributed by atoms with Crippen molar-refractivity contribution in [1.29, 1.82) is 0 Å². The molecule has 6 rings (SSSR count). The molecule has 20 heteroatoms. The van der Waals surface area contributed by atoms with Crippen molar-refractivity contribution in [3.05, 3.63) is 154 Å². The third-order valence-corrected chi connectivity index (χ3v) is 10.2. The molecule has 0 saturated carbocycles. The summed E-state index contributed by atoms with van der Waals surface area (Å²) < 4.78 is 91.9. The van der Waals surface area contributed by atoms with Crippen molar-refractivity contribution in [1.82, 2.24) is 9.97 Å². The Morgan fingerprint density at radius 3 is 1.24 bits per heavy atom. The third kappa shape index (κ3) is 26.4. The van der Waals surface area contributed by atoms with Crippen LogP contribution in [0.1, 0.15) is 108 Å². The maximum atomic E-state index is 14.1. The molecule has 2 atom stereocenters. The Morgan fingerprint density at radius 1 is 0.600 bits per heavy atom. The molecule has 0 radical (unpaired) electrons. The van der Waals surface area contributed by atoms with Gasteiger partial charge in [0.25, 0.3) is 0 Å². The van der Waals surface area contributed by atoms with Gasteiger partial charge in [0.2, 0.25) is 11.8 Å². The predicted octanol–water partition coefficient (Wildman–Crippen LogP) is 9.51. The van der Waals surface area contributed by atoms with Gasteiger partial charge in [-0.15, -0.1) is 0 Å². The van der Waals surface area contributed by atoms with Gasteiger partial charge in [-0.1, -0.05) is 60.7 Å². The molecular weight excluding hydrogens is 989 g/mol. The van der Waals surface area contributed by atoms with Crippen molar-refractivity contribution in [3.63, 3.8) is 0 Å². The Hall–Kier alpha value is -4.83.